The Morgan fingerprint density at radius 3 is 2.19 bits per heavy atom. The predicted octanol–water partition coefficient (Wildman–Crippen LogP) is 5.08. The summed E-state index contributed by atoms with van der Waals surface area (Å²) in [6.45, 7) is 1.51. The summed E-state index contributed by atoms with van der Waals surface area (Å²) in [6, 6.07) is 11.5. The summed E-state index contributed by atoms with van der Waals surface area (Å²) in [4.78, 5) is 12.4. The minimum Gasteiger partial charge on any atom is -0.388 e. The van der Waals surface area contributed by atoms with Crippen LogP contribution in [0.2, 0.25) is 0 Å². The summed E-state index contributed by atoms with van der Waals surface area (Å²) in [7, 11) is 1.81. The third kappa shape index (κ3) is 5.48. The third-order valence-corrected chi connectivity index (χ3v) is 5.62. The van der Waals surface area contributed by atoms with Gasteiger partial charge in [-0.1, -0.05) is 0 Å². The summed E-state index contributed by atoms with van der Waals surface area (Å²) < 4.78 is 39.9. The molecule has 1 amide bonds. The molecule has 1 fully saturated rings. The summed E-state index contributed by atoms with van der Waals surface area (Å²) >= 11 is 0. The number of anilines is 2. The predicted molar refractivity (Wildman–Crippen MR) is 114 cm³/mol. The van der Waals surface area contributed by atoms with Gasteiger partial charge >= 0.3 is 6.18 Å². The number of nitrogens with zero attached hydrogens (tertiary/aromatic N) is 1. The number of amides is 1. The van der Waals surface area contributed by atoms with Crippen LogP contribution in [0.4, 0.5) is 24.5 Å². The third-order valence-electron chi connectivity index (χ3n) is 5.62. The fourth-order valence-electron chi connectivity index (χ4n) is 3.92. The number of hydrogen-bond donors (Lipinski definition) is 3. The summed E-state index contributed by atoms with van der Waals surface area (Å²) in [6.07, 6.45) is -1.66. The number of carbonyl (C=O) groups excluding carboxylic acids is 1. The molecule has 31 heavy (non-hydrogen) atoms. The van der Waals surface area contributed by atoms with Crippen molar-refractivity contribution in [1.82, 2.24) is 5.32 Å². The van der Waals surface area contributed by atoms with Crippen LogP contribution in [0.1, 0.15) is 52.7 Å². The quantitative estimate of drug-likeness (QED) is 0.618. The van der Waals surface area contributed by atoms with Gasteiger partial charge in [0.15, 0.2) is 0 Å². The normalized spacial score (nSPS) is 18.7. The molecule has 5 nitrogen and oxygen atoms in total. The lowest BCUT2D eigenvalue weighted by Gasteiger charge is -2.30. The van der Waals surface area contributed by atoms with E-state index in [0.717, 1.165) is 37.4 Å². The number of benzene rings is 2. The molecule has 0 heterocycles. The number of hydrogen-bond acceptors (Lipinski definition) is 4. The Labute approximate surface area is 179 Å². The van der Waals surface area contributed by atoms with Crippen LogP contribution in [0, 0.1) is 18.3 Å². The maximum atomic E-state index is 13.3. The molecule has 3 rings (SSSR count). The van der Waals surface area contributed by atoms with Crippen LogP contribution in [0.15, 0.2) is 36.4 Å². The largest absolute Gasteiger partial charge is 0.417 e. The molecule has 0 atom stereocenters. The van der Waals surface area contributed by atoms with Crippen LogP contribution < -0.4 is 16.0 Å². The second-order valence-corrected chi connectivity index (χ2v) is 7.82. The molecule has 0 unspecified atom stereocenters. The van der Waals surface area contributed by atoms with Crippen LogP contribution in [-0.2, 0) is 6.18 Å². The van der Waals surface area contributed by atoms with Gasteiger partial charge in [-0.3, -0.25) is 4.79 Å². The van der Waals surface area contributed by atoms with E-state index in [1.165, 1.54) is 6.92 Å². The molecule has 0 aliphatic heterocycles. The van der Waals surface area contributed by atoms with Crippen molar-refractivity contribution in [2.24, 2.45) is 0 Å². The van der Waals surface area contributed by atoms with E-state index in [0.29, 0.717) is 16.8 Å². The van der Waals surface area contributed by atoms with Crippen LogP contribution in [-0.4, -0.2) is 25.0 Å². The van der Waals surface area contributed by atoms with Crippen LogP contribution in [0.25, 0.3) is 0 Å². The lowest BCUT2D eigenvalue weighted by molar-refractivity contribution is -0.137. The van der Waals surface area contributed by atoms with E-state index in [1.54, 1.807) is 24.3 Å². The molecule has 1 aliphatic carbocycles. The van der Waals surface area contributed by atoms with Gasteiger partial charge in [-0.05, 0) is 74.6 Å². The van der Waals surface area contributed by atoms with Gasteiger partial charge in [0.25, 0.3) is 5.91 Å². The van der Waals surface area contributed by atoms with Crippen molar-refractivity contribution in [2.75, 3.05) is 17.7 Å². The minimum atomic E-state index is -4.58. The molecule has 2 aromatic carbocycles. The van der Waals surface area contributed by atoms with Crippen LogP contribution >= 0.6 is 0 Å². The fraction of sp³-hybridized carbons (Fsp3) is 0.391. The first-order valence-corrected chi connectivity index (χ1v) is 10.2. The van der Waals surface area contributed by atoms with Gasteiger partial charge in [0.2, 0.25) is 0 Å². The standard InChI is InChI=1S/C23H25F3N4O/c1-14-11-19(12-21(20(14)13-27)23(24,25)26)29-17-7-9-18(10-8-17)30-22(31)15-3-5-16(28-2)6-4-15/h3-6,11-12,17-18,28-29H,7-10H2,1-2H3,(H,30,31)/t17-,18+. The van der Waals surface area contributed by atoms with Crippen molar-refractivity contribution >= 4 is 17.3 Å². The van der Waals surface area contributed by atoms with Gasteiger partial charge in [0, 0.05) is 36.1 Å². The summed E-state index contributed by atoms with van der Waals surface area (Å²) in [5, 5.41) is 18.3. The SMILES string of the molecule is CNc1ccc(C(=O)N[C@H]2CC[C@@H](Nc3cc(C)c(C#N)c(C(F)(F)F)c3)CC2)cc1. The number of rotatable bonds is 5. The number of halogens is 3. The number of aryl methyl sites for hydroxylation is 1. The zero-order chi connectivity index (χ0) is 22.6. The summed E-state index contributed by atoms with van der Waals surface area (Å²) in [5.74, 6) is -0.128. The second kappa shape index (κ2) is 9.29. The highest BCUT2D eigenvalue weighted by molar-refractivity contribution is 5.94. The first-order valence-electron chi connectivity index (χ1n) is 10.2. The van der Waals surface area contributed by atoms with E-state index >= 15 is 0 Å². The molecule has 0 radical (unpaired) electrons. The van der Waals surface area contributed by atoms with Gasteiger partial charge in [-0.2, -0.15) is 18.4 Å². The fourth-order valence-corrected chi connectivity index (χ4v) is 3.92. The monoisotopic (exact) mass is 430 g/mol. The highest BCUT2D eigenvalue weighted by Gasteiger charge is 2.35. The van der Waals surface area contributed by atoms with Crippen molar-refractivity contribution in [1.29, 1.82) is 5.26 Å². The average molecular weight is 430 g/mol. The van der Waals surface area contributed by atoms with Gasteiger partial charge < -0.3 is 16.0 Å². The Balaban J connectivity index is 1.58. The number of carbonyl (C=O) groups is 1. The zero-order valence-electron chi connectivity index (χ0n) is 17.4. The van der Waals surface area contributed by atoms with E-state index in [1.807, 2.05) is 19.2 Å². The van der Waals surface area contributed by atoms with Gasteiger partial charge in [0.1, 0.15) is 6.07 Å². The van der Waals surface area contributed by atoms with Gasteiger partial charge in [0.05, 0.1) is 11.1 Å². The first kappa shape index (κ1) is 22.5. The Morgan fingerprint density at radius 1 is 1.03 bits per heavy atom. The molecular formula is C23H25F3N4O. The molecule has 1 saturated carbocycles. The van der Waals surface area contributed by atoms with Gasteiger partial charge in [-0.15, -0.1) is 0 Å². The highest BCUT2D eigenvalue weighted by atomic mass is 19.4. The summed E-state index contributed by atoms with van der Waals surface area (Å²) in [5.41, 5.74) is 0.919. The van der Waals surface area contributed by atoms with Crippen molar-refractivity contribution < 1.29 is 18.0 Å². The van der Waals surface area contributed by atoms with E-state index in [-0.39, 0.29) is 23.6 Å². The Bertz CT molecular complexity index is 972. The van der Waals surface area contributed by atoms with E-state index in [4.69, 9.17) is 5.26 Å². The Morgan fingerprint density at radius 2 is 1.65 bits per heavy atom. The van der Waals surface area contributed by atoms with Gasteiger partial charge in [-0.25, -0.2) is 0 Å². The lowest BCUT2D eigenvalue weighted by atomic mass is 9.90. The molecule has 8 heteroatoms. The average Bonchev–Trinajstić information content (AvgIpc) is 2.74. The maximum Gasteiger partial charge on any atom is 0.417 e. The zero-order valence-corrected chi connectivity index (χ0v) is 17.4. The Kier molecular flexibility index (Phi) is 6.74. The first-order chi connectivity index (χ1) is 14.7. The van der Waals surface area contributed by atoms with E-state index < -0.39 is 11.7 Å². The lowest BCUT2D eigenvalue weighted by Crippen LogP contribution is -2.40. The molecule has 0 spiro atoms. The van der Waals surface area contributed by atoms with Crippen molar-refractivity contribution in [3.05, 3.63) is 58.7 Å². The molecule has 2 aromatic rings. The van der Waals surface area contributed by atoms with Crippen molar-refractivity contribution in [3.63, 3.8) is 0 Å². The molecular weight excluding hydrogens is 405 g/mol. The Hall–Kier alpha value is -3.21. The van der Waals surface area contributed by atoms with Crippen molar-refractivity contribution in [3.8, 4) is 6.07 Å². The maximum absolute atomic E-state index is 13.3. The number of nitriles is 1. The number of nitrogens with one attached hydrogen (secondary N) is 3. The highest BCUT2D eigenvalue weighted by Crippen LogP contribution is 2.36. The van der Waals surface area contributed by atoms with E-state index in [9.17, 15) is 18.0 Å². The molecule has 0 bridgehead atoms. The number of alkyl halides is 3. The minimum absolute atomic E-state index is 0.0106. The topological polar surface area (TPSA) is 77.0 Å². The molecule has 164 valence electrons. The van der Waals surface area contributed by atoms with E-state index in [2.05, 4.69) is 16.0 Å². The smallest absolute Gasteiger partial charge is 0.388 e. The van der Waals surface area contributed by atoms with Crippen LogP contribution in [0.5, 0.6) is 0 Å². The van der Waals surface area contributed by atoms with Crippen molar-refractivity contribution in [2.45, 2.75) is 50.9 Å². The van der Waals surface area contributed by atoms with Crippen LogP contribution in [0.3, 0.4) is 0 Å². The molecule has 0 saturated heterocycles. The second-order valence-electron chi connectivity index (χ2n) is 7.82. The molecule has 3 N–H and O–H groups in total. The molecule has 0 aromatic heterocycles. The molecule has 1 aliphatic rings.